The highest BCUT2D eigenvalue weighted by molar-refractivity contribution is 7.09. The van der Waals surface area contributed by atoms with E-state index >= 15 is 0 Å². The Labute approximate surface area is 374 Å². The highest BCUT2D eigenvalue weighted by Gasteiger charge is 2.36. The first kappa shape index (κ1) is 54.0. The first-order valence-electron chi connectivity index (χ1n) is 22.7. The Morgan fingerprint density at radius 3 is 2.21 bits per heavy atom. The van der Waals surface area contributed by atoms with Gasteiger partial charge in [-0.15, -0.1) is 11.3 Å². The average molecular weight is 888 g/mol. The monoisotopic (exact) mass is 888 g/mol. The molecule has 1 aromatic carbocycles. The Balaban J connectivity index is 2.32. The molecule has 350 valence electrons. The quantitative estimate of drug-likeness (QED) is 0.0498. The normalized spacial score (nSPS) is 14.4. The van der Waals surface area contributed by atoms with Crippen LogP contribution in [-0.2, 0) is 25.5 Å². The molecule has 0 aliphatic carbocycles. The van der Waals surface area contributed by atoms with Crippen molar-refractivity contribution < 1.29 is 38.6 Å². The van der Waals surface area contributed by atoms with Crippen molar-refractivity contribution in [2.24, 2.45) is 23.5 Å². The van der Waals surface area contributed by atoms with E-state index in [1.807, 2.05) is 44.5 Å². The lowest BCUT2D eigenvalue weighted by Gasteiger charge is -2.39. The Kier molecular flexibility index (Phi) is 25.5. The molecule has 1 aromatic heterocycles. The number of unbranched alkanes of at least 4 members (excludes halogenated alkanes) is 2. The van der Waals surface area contributed by atoms with Gasteiger partial charge in [0.25, 0.3) is 5.91 Å². The van der Waals surface area contributed by atoms with Crippen LogP contribution in [0.1, 0.15) is 140 Å². The molecule has 6 atom stereocenters. The topological polar surface area (TPSA) is 206 Å². The van der Waals surface area contributed by atoms with Gasteiger partial charge >= 0.3 is 12.1 Å². The van der Waals surface area contributed by atoms with E-state index in [0.29, 0.717) is 49.8 Å². The highest BCUT2D eigenvalue weighted by atomic mass is 32.1. The molecular formula is C46H77N7O8S. The van der Waals surface area contributed by atoms with Crippen LogP contribution in [0.4, 0.5) is 4.79 Å². The van der Waals surface area contributed by atoms with Crippen molar-refractivity contribution in [2.45, 2.75) is 144 Å². The summed E-state index contributed by atoms with van der Waals surface area (Å²) in [7, 11) is 1.92. The number of nitrogens with zero attached hydrogens (tertiary/aromatic N) is 3. The van der Waals surface area contributed by atoms with Gasteiger partial charge in [-0.05, 0) is 94.6 Å². The second-order valence-electron chi connectivity index (χ2n) is 16.8. The molecule has 4 amide bonds. The molecule has 0 saturated carbocycles. The van der Waals surface area contributed by atoms with Crippen molar-refractivity contribution in [3.63, 3.8) is 0 Å². The largest absolute Gasteiger partial charge is 0.481 e. The molecule has 6 N–H and O–H groups in total. The van der Waals surface area contributed by atoms with Crippen molar-refractivity contribution in [2.75, 3.05) is 46.4 Å². The molecule has 0 aliphatic rings. The number of aliphatic carboxylic acids is 1. The van der Waals surface area contributed by atoms with Gasteiger partial charge < -0.3 is 41.2 Å². The summed E-state index contributed by atoms with van der Waals surface area (Å²) < 4.78 is 11.8. The lowest BCUT2D eigenvalue weighted by Crippen LogP contribution is -2.56. The number of rotatable bonds is 31. The van der Waals surface area contributed by atoms with Crippen LogP contribution in [-0.4, -0.2) is 114 Å². The predicted octanol–water partition coefficient (Wildman–Crippen LogP) is 6.81. The number of ether oxygens (including phenoxy) is 2. The molecule has 16 heteroatoms. The van der Waals surface area contributed by atoms with Gasteiger partial charge in [-0.2, -0.15) is 0 Å². The number of hydrogen-bond acceptors (Lipinski definition) is 11. The molecule has 0 fully saturated rings. The van der Waals surface area contributed by atoms with Gasteiger partial charge in [-0.1, -0.05) is 80.4 Å². The van der Waals surface area contributed by atoms with Crippen molar-refractivity contribution in [1.29, 1.82) is 0 Å². The molecule has 0 aliphatic heterocycles. The maximum atomic E-state index is 14.6. The van der Waals surface area contributed by atoms with E-state index in [1.54, 1.807) is 36.6 Å². The zero-order valence-corrected chi connectivity index (χ0v) is 39.7. The number of carbonyl (C=O) groups excluding carboxylic acids is 4. The van der Waals surface area contributed by atoms with E-state index in [-0.39, 0.29) is 48.4 Å². The molecule has 0 unspecified atom stereocenters. The third-order valence-electron chi connectivity index (χ3n) is 10.9. The van der Waals surface area contributed by atoms with E-state index in [0.717, 1.165) is 57.1 Å². The molecule has 0 radical (unpaired) electrons. The number of thiazole rings is 1. The third-order valence-corrected chi connectivity index (χ3v) is 11.9. The van der Waals surface area contributed by atoms with Gasteiger partial charge in [0.05, 0.1) is 12.5 Å². The average Bonchev–Trinajstić information content (AvgIpc) is 3.73. The molecule has 15 nitrogen and oxygen atoms in total. The molecule has 2 aromatic rings. The molecule has 0 spiro atoms. The summed E-state index contributed by atoms with van der Waals surface area (Å²) in [6.07, 6.45) is 5.64. The van der Waals surface area contributed by atoms with Crippen molar-refractivity contribution >= 4 is 41.1 Å². The molecule has 1 heterocycles. The van der Waals surface area contributed by atoms with Gasteiger partial charge in [0.15, 0.2) is 0 Å². The zero-order chi connectivity index (χ0) is 46.2. The predicted molar refractivity (Wildman–Crippen MR) is 245 cm³/mol. The summed E-state index contributed by atoms with van der Waals surface area (Å²) >= 11 is 1.31. The fourth-order valence-electron chi connectivity index (χ4n) is 7.09. The number of benzene rings is 1. The Morgan fingerprint density at radius 1 is 0.903 bits per heavy atom. The van der Waals surface area contributed by atoms with Crippen molar-refractivity contribution in [3.8, 4) is 5.75 Å². The summed E-state index contributed by atoms with van der Waals surface area (Å²) in [5.74, 6) is -2.12. The third kappa shape index (κ3) is 19.1. The minimum absolute atomic E-state index is 0.0376. The maximum Gasteiger partial charge on any atom is 0.412 e. The number of amides is 4. The number of carbonyl (C=O) groups is 5. The Bertz CT molecular complexity index is 1640. The van der Waals surface area contributed by atoms with Crippen LogP contribution < -0.4 is 26.4 Å². The minimum atomic E-state index is -0.972. The Morgan fingerprint density at radius 2 is 1.61 bits per heavy atom. The van der Waals surface area contributed by atoms with E-state index in [4.69, 9.17) is 20.2 Å². The number of nitrogens with two attached hydrogens (primary N) is 1. The van der Waals surface area contributed by atoms with Gasteiger partial charge in [0.1, 0.15) is 28.6 Å². The minimum Gasteiger partial charge on any atom is -0.481 e. The number of carboxylic acids is 1. The number of nitrogens with one attached hydrogen (secondary N) is 3. The molecule has 62 heavy (non-hydrogen) atoms. The van der Waals surface area contributed by atoms with Crippen LogP contribution in [0.3, 0.4) is 0 Å². The number of aromatic nitrogens is 1. The lowest BCUT2D eigenvalue weighted by atomic mass is 9.92. The SMILES string of the molecule is CCCCN(C)CC(=O)N[C@H](C(=O)N(CCC)[C@H](C[C@@H](OCCC)c1nc(C(=O)N[C@@H](Cc2ccc(OC(=O)NCCCCN)cc2)C[C@H](C)C(=O)O)cs1)C(C)C)[C@@H](C)CC. The maximum absolute atomic E-state index is 14.6. The molecule has 2 rings (SSSR count). The van der Waals surface area contributed by atoms with Crippen LogP contribution in [0.15, 0.2) is 29.6 Å². The lowest BCUT2D eigenvalue weighted by molar-refractivity contribution is -0.142. The van der Waals surface area contributed by atoms with Crippen LogP contribution >= 0.6 is 11.3 Å². The van der Waals surface area contributed by atoms with Crippen molar-refractivity contribution in [3.05, 3.63) is 45.9 Å². The first-order valence-corrected chi connectivity index (χ1v) is 23.6. The number of carboxylic acid groups (broad SMARTS) is 1. The van der Waals surface area contributed by atoms with Gasteiger partial charge in [0.2, 0.25) is 11.8 Å². The fourth-order valence-corrected chi connectivity index (χ4v) is 7.95. The summed E-state index contributed by atoms with van der Waals surface area (Å²) in [5, 5.41) is 20.8. The van der Waals surface area contributed by atoms with E-state index in [1.165, 1.54) is 11.3 Å². The zero-order valence-electron chi connectivity index (χ0n) is 38.9. The summed E-state index contributed by atoms with van der Waals surface area (Å²) in [4.78, 5) is 74.4. The number of hydrogen-bond donors (Lipinski definition) is 5. The van der Waals surface area contributed by atoms with Gasteiger partial charge in [-0.3, -0.25) is 24.1 Å². The van der Waals surface area contributed by atoms with E-state index in [2.05, 4.69) is 36.7 Å². The highest BCUT2D eigenvalue weighted by Crippen LogP contribution is 2.32. The second-order valence-corrected chi connectivity index (χ2v) is 17.7. The van der Waals surface area contributed by atoms with Crippen LogP contribution in [0.25, 0.3) is 0 Å². The van der Waals surface area contributed by atoms with Crippen LogP contribution in [0.5, 0.6) is 5.75 Å². The summed E-state index contributed by atoms with van der Waals surface area (Å²) in [5.41, 5.74) is 6.51. The smallest absolute Gasteiger partial charge is 0.412 e. The Hall–Kier alpha value is -4.12. The van der Waals surface area contributed by atoms with Crippen LogP contribution in [0.2, 0.25) is 0 Å². The molecule has 0 saturated heterocycles. The second kappa shape index (κ2) is 29.3. The van der Waals surface area contributed by atoms with Crippen LogP contribution in [0, 0.1) is 17.8 Å². The van der Waals surface area contributed by atoms with E-state index in [9.17, 15) is 29.1 Å². The molecule has 0 bridgehead atoms. The van der Waals surface area contributed by atoms with Crippen molar-refractivity contribution in [1.82, 2.24) is 30.7 Å². The molecular weight excluding hydrogens is 811 g/mol. The first-order chi connectivity index (χ1) is 29.6. The summed E-state index contributed by atoms with van der Waals surface area (Å²) in [6, 6.07) is 5.40. The fraction of sp³-hybridized carbons (Fsp3) is 0.696. The standard InChI is InChI=1S/C46H77N7O8S/c1-10-14-24-52(9)29-40(54)51-41(32(7)13-4)44(56)53(23-11-2)38(31(5)6)28-39(60-25-12-3)43-50-37(30-62-43)42(55)49-35(26-33(8)45(57)58)27-34-17-19-36(20-18-34)61-46(59)48-22-16-15-21-47/h17-20,30-33,35,38-39,41H,10-16,21-29,47H2,1-9H3,(H,48,59)(H,49,55)(H,51,54)(H,57,58)/t32-,33-,35+,38+,39+,41-/m0/s1. The number of likely N-dealkylation sites (N-methyl/N-ethyl adjacent to an activating group) is 1. The van der Waals surface area contributed by atoms with E-state index < -0.39 is 42.1 Å². The summed E-state index contributed by atoms with van der Waals surface area (Å²) in [6.45, 7) is 18.9. The van der Waals surface area contributed by atoms with Gasteiger partial charge in [0, 0.05) is 43.6 Å². The van der Waals surface area contributed by atoms with Gasteiger partial charge in [-0.25, -0.2) is 9.78 Å².